The first-order valence-corrected chi connectivity index (χ1v) is 9.20. The molecule has 3 aromatic rings. The van der Waals surface area contributed by atoms with Crippen LogP contribution in [0.4, 0.5) is 18.9 Å². The van der Waals surface area contributed by atoms with E-state index in [-0.39, 0.29) is 0 Å². The Labute approximate surface area is 172 Å². The summed E-state index contributed by atoms with van der Waals surface area (Å²) in [6.07, 6.45) is -3.04. The number of carbonyl (C=O) groups is 1. The molecule has 0 radical (unpaired) electrons. The number of hydrogen-bond donors (Lipinski definition) is 3. The number of aliphatic hydroxyl groups is 1. The molecule has 0 unspecified atom stereocenters. The quantitative estimate of drug-likeness (QED) is 0.566. The predicted molar refractivity (Wildman–Crippen MR) is 110 cm³/mol. The first kappa shape index (κ1) is 23.2. The average molecular weight is 420 g/mol. The van der Waals surface area contributed by atoms with E-state index >= 15 is 0 Å². The van der Waals surface area contributed by atoms with E-state index in [4.69, 9.17) is 9.90 Å². The van der Waals surface area contributed by atoms with Crippen molar-refractivity contribution < 1.29 is 28.2 Å². The number of hydrogen-bond acceptors (Lipinski definition) is 4. The van der Waals surface area contributed by atoms with Crippen molar-refractivity contribution in [2.45, 2.75) is 32.5 Å². The highest BCUT2D eigenvalue weighted by molar-refractivity contribution is 5.93. The van der Waals surface area contributed by atoms with Crippen LogP contribution in [-0.4, -0.2) is 40.0 Å². The van der Waals surface area contributed by atoms with Crippen molar-refractivity contribution in [3.8, 4) is 0 Å². The average Bonchev–Trinajstić information content (AvgIpc) is 2.70. The van der Waals surface area contributed by atoms with Gasteiger partial charge >= 0.3 is 12.1 Å². The molecule has 0 saturated carbocycles. The van der Waals surface area contributed by atoms with Crippen LogP contribution in [0, 0.1) is 13.8 Å². The molecule has 0 spiro atoms. The lowest BCUT2D eigenvalue weighted by atomic mass is 10.0. The first-order valence-electron chi connectivity index (χ1n) is 9.20. The number of carboxylic acid groups (broad SMARTS) is 1. The Hall–Kier alpha value is -3.13. The van der Waals surface area contributed by atoms with Crippen LogP contribution >= 0.6 is 0 Å². The third-order valence-electron chi connectivity index (χ3n) is 4.52. The number of rotatable bonds is 5. The van der Waals surface area contributed by atoms with Crippen LogP contribution in [0.15, 0.2) is 54.7 Å². The van der Waals surface area contributed by atoms with Gasteiger partial charge in [0.25, 0.3) is 0 Å². The Morgan fingerprint density at radius 1 is 1.10 bits per heavy atom. The van der Waals surface area contributed by atoms with E-state index in [9.17, 15) is 18.3 Å². The Kier molecular flexibility index (Phi) is 7.77. The summed E-state index contributed by atoms with van der Waals surface area (Å²) in [5.41, 5.74) is 5.63. The molecule has 5 nitrogen and oxygen atoms in total. The second-order valence-corrected chi connectivity index (χ2v) is 6.79. The number of carboxylic acids is 1. The van der Waals surface area contributed by atoms with Gasteiger partial charge in [0.1, 0.15) is 0 Å². The normalized spacial score (nSPS) is 12.1. The monoisotopic (exact) mass is 420 g/mol. The van der Waals surface area contributed by atoms with Gasteiger partial charge in [-0.3, -0.25) is 4.98 Å². The number of halogens is 3. The molecule has 0 aliphatic carbocycles. The number of aryl methyl sites for hydroxylation is 2. The molecule has 30 heavy (non-hydrogen) atoms. The van der Waals surface area contributed by atoms with Gasteiger partial charge in [0.15, 0.2) is 0 Å². The van der Waals surface area contributed by atoms with E-state index in [1.54, 1.807) is 0 Å². The minimum atomic E-state index is -5.08. The SMILES string of the molecule is Cc1ccc2c(NC[C@@H](O)Cc3ccccc3)ccnc2c1C.O=C(O)C(F)(F)F. The molecule has 2 aromatic carbocycles. The van der Waals surface area contributed by atoms with Crippen molar-refractivity contribution >= 4 is 22.6 Å². The summed E-state index contributed by atoms with van der Waals surface area (Å²) in [5, 5.41) is 21.8. The first-order chi connectivity index (χ1) is 14.1. The van der Waals surface area contributed by atoms with E-state index in [0.717, 1.165) is 22.2 Å². The molecule has 1 atom stereocenters. The van der Waals surface area contributed by atoms with Crippen LogP contribution in [0.25, 0.3) is 10.9 Å². The van der Waals surface area contributed by atoms with Gasteiger partial charge in [0.2, 0.25) is 0 Å². The fraction of sp³-hybridized carbons (Fsp3) is 0.273. The summed E-state index contributed by atoms with van der Waals surface area (Å²) in [7, 11) is 0. The second-order valence-electron chi connectivity index (χ2n) is 6.79. The molecule has 0 saturated heterocycles. The molecule has 0 amide bonds. The molecule has 8 heteroatoms. The highest BCUT2D eigenvalue weighted by Crippen LogP contribution is 2.26. The maximum absolute atomic E-state index is 10.6. The van der Waals surface area contributed by atoms with Crippen molar-refractivity contribution in [2.24, 2.45) is 0 Å². The zero-order valence-corrected chi connectivity index (χ0v) is 16.6. The topological polar surface area (TPSA) is 82.5 Å². The summed E-state index contributed by atoms with van der Waals surface area (Å²) in [6, 6.07) is 16.2. The van der Waals surface area contributed by atoms with Gasteiger partial charge in [-0.05, 0) is 36.6 Å². The zero-order valence-electron chi connectivity index (χ0n) is 16.6. The molecule has 160 valence electrons. The van der Waals surface area contributed by atoms with Gasteiger partial charge in [0.05, 0.1) is 11.6 Å². The molecule has 1 aromatic heterocycles. The van der Waals surface area contributed by atoms with Crippen LogP contribution in [0.1, 0.15) is 16.7 Å². The number of pyridine rings is 1. The Bertz CT molecular complexity index is 992. The number of benzene rings is 2. The van der Waals surface area contributed by atoms with Gasteiger partial charge in [-0.25, -0.2) is 4.79 Å². The zero-order chi connectivity index (χ0) is 22.3. The number of aliphatic hydroxyl groups excluding tert-OH is 1. The summed E-state index contributed by atoms with van der Waals surface area (Å²) >= 11 is 0. The van der Waals surface area contributed by atoms with Crippen molar-refractivity contribution in [1.29, 1.82) is 0 Å². The van der Waals surface area contributed by atoms with Gasteiger partial charge in [-0.2, -0.15) is 13.2 Å². The van der Waals surface area contributed by atoms with Crippen LogP contribution < -0.4 is 5.32 Å². The molecule has 0 bridgehead atoms. The van der Waals surface area contributed by atoms with Crippen LogP contribution in [-0.2, 0) is 11.2 Å². The Balaban J connectivity index is 0.000000396. The Morgan fingerprint density at radius 3 is 2.33 bits per heavy atom. The van der Waals surface area contributed by atoms with E-state index in [2.05, 4.69) is 36.3 Å². The number of alkyl halides is 3. The maximum atomic E-state index is 10.6. The summed E-state index contributed by atoms with van der Waals surface area (Å²) in [6.45, 7) is 4.71. The lowest BCUT2D eigenvalue weighted by Gasteiger charge is -2.15. The summed E-state index contributed by atoms with van der Waals surface area (Å²) in [4.78, 5) is 13.4. The van der Waals surface area contributed by atoms with Crippen LogP contribution in [0.5, 0.6) is 0 Å². The highest BCUT2D eigenvalue weighted by Gasteiger charge is 2.38. The number of fused-ring (bicyclic) bond motifs is 1. The number of nitrogens with zero attached hydrogens (tertiary/aromatic N) is 1. The molecule has 3 rings (SSSR count). The molecule has 0 aliphatic rings. The van der Waals surface area contributed by atoms with Crippen LogP contribution in [0.3, 0.4) is 0 Å². The highest BCUT2D eigenvalue weighted by atomic mass is 19.4. The molecule has 3 N–H and O–H groups in total. The van der Waals surface area contributed by atoms with E-state index < -0.39 is 18.2 Å². The summed E-state index contributed by atoms with van der Waals surface area (Å²) in [5.74, 6) is -2.76. The van der Waals surface area contributed by atoms with E-state index in [1.165, 1.54) is 11.1 Å². The van der Waals surface area contributed by atoms with Gasteiger partial charge in [-0.15, -0.1) is 0 Å². The Morgan fingerprint density at radius 2 is 1.73 bits per heavy atom. The third kappa shape index (κ3) is 6.45. The summed E-state index contributed by atoms with van der Waals surface area (Å²) < 4.78 is 31.7. The largest absolute Gasteiger partial charge is 0.490 e. The standard InChI is InChI=1S/C20H22N2O.C2HF3O2/c1-14-8-9-18-19(10-11-21-20(18)15(14)2)22-13-17(23)12-16-6-4-3-5-7-16;3-2(4,5)1(6)7/h3-11,17,23H,12-13H2,1-2H3,(H,21,22);(H,6,7)/t17-;/m0./s1. The molecular formula is C22H23F3N2O3. The smallest absolute Gasteiger partial charge is 0.475 e. The van der Waals surface area contributed by atoms with Gasteiger partial charge < -0.3 is 15.5 Å². The van der Waals surface area contributed by atoms with Gasteiger partial charge in [-0.1, -0.05) is 42.5 Å². The number of aliphatic carboxylic acids is 1. The van der Waals surface area contributed by atoms with Crippen molar-refractivity contribution in [1.82, 2.24) is 4.98 Å². The minimum Gasteiger partial charge on any atom is -0.475 e. The fourth-order valence-electron chi connectivity index (χ4n) is 2.80. The molecule has 0 aliphatic heterocycles. The number of aromatic nitrogens is 1. The van der Waals surface area contributed by atoms with Crippen molar-refractivity contribution in [3.63, 3.8) is 0 Å². The predicted octanol–water partition coefficient (Wildman–Crippen LogP) is 4.50. The van der Waals surface area contributed by atoms with Gasteiger partial charge in [0, 0.05) is 30.2 Å². The third-order valence-corrected chi connectivity index (χ3v) is 4.52. The van der Waals surface area contributed by atoms with Crippen molar-refractivity contribution in [3.05, 3.63) is 71.4 Å². The second kappa shape index (κ2) is 10.1. The molecular weight excluding hydrogens is 397 g/mol. The number of nitrogens with one attached hydrogen (secondary N) is 1. The lowest BCUT2D eigenvalue weighted by molar-refractivity contribution is -0.192. The lowest BCUT2D eigenvalue weighted by Crippen LogP contribution is -2.22. The van der Waals surface area contributed by atoms with Crippen molar-refractivity contribution in [2.75, 3.05) is 11.9 Å². The minimum absolute atomic E-state index is 0.424. The van der Waals surface area contributed by atoms with Crippen LogP contribution in [0.2, 0.25) is 0 Å². The number of anilines is 1. The molecule has 1 heterocycles. The van der Waals surface area contributed by atoms with E-state index in [0.29, 0.717) is 13.0 Å². The maximum Gasteiger partial charge on any atom is 0.490 e. The van der Waals surface area contributed by atoms with E-state index in [1.807, 2.05) is 42.6 Å². The fourth-order valence-corrected chi connectivity index (χ4v) is 2.80. The molecule has 0 fully saturated rings.